The lowest BCUT2D eigenvalue weighted by atomic mass is 9.94. The van der Waals surface area contributed by atoms with Crippen LogP contribution < -0.4 is 4.74 Å². The molecule has 1 aromatic rings. The molecule has 0 bridgehead atoms. The van der Waals surface area contributed by atoms with Crippen LogP contribution >= 0.6 is 0 Å². The maximum atomic E-state index is 9.74. The van der Waals surface area contributed by atoms with Gasteiger partial charge in [0.2, 0.25) is 0 Å². The maximum Gasteiger partial charge on any atom is 0.123 e. The Morgan fingerprint density at radius 1 is 1.00 bits per heavy atom. The van der Waals surface area contributed by atoms with Gasteiger partial charge in [0.1, 0.15) is 5.75 Å². The SMILES string of the molecule is Cc1cc(OC(C)C)c(C(C)C)cc1C(C)O. The number of aliphatic hydroxyl groups is 1. The Hall–Kier alpha value is -1.02. The van der Waals surface area contributed by atoms with E-state index in [4.69, 9.17) is 4.74 Å². The summed E-state index contributed by atoms with van der Waals surface area (Å²) in [6.07, 6.45) is -0.259. The van der Waals surface area contributed by atoms with Gasteiger partial charge in [-0.05, 0) is 62.4 Å². The fraction of sp³-hybridized carbons (Fsp3) is 0.600. The first-order valence-corrected chi connectivity index (χ1v) is 6.32. The predicted octanol–water partition coefficient (Wildman–Crippen LogP) is 3.96. The Morgan fingerprint density at radius 2 is 1.59 bits per heavy atom. The first-order valence-electron chi connectivity index (χ1n) is 6.32. The van der Waals surface area contributed by atoms with Gasteiger partial charge in [-0.1, -0.05) is 13.8 Å². The topological polar surface area (TPSA) is 29.5 Å². The molecule has 0 spiro atoms. The predicted molar refractivity (Wildman–Crippen MR) is 71.7 cm³/mol. The maximum absolute atomic E-state index is 9.74. The summed E-state index contributed by atoms with van der Waals surface area (Å²) in [4.78, 5) is 0. The van der Waals surface area contributed by atoms with Gasteiger partial charge >= 0.3 is 0 Å². The van der Waals surface area contributed by atoms with Crippen LogP contribution in [0.2, 0.25) is 0 Å². The standard InChI is InChI=1S/C15H24O2/c1-9(2)13-8-14(12(6)16)11(5)7-15(13)17-10(3)4/h7-10,12,16H,1-6H3. The number of ether oxygens (including phenoxy) is 1. The summed E-state index contributed by atoms with van der Waals surface area (Å²) >= 11 is 0. The van der Waals surface area contributed by atoms with Crippen LogP contribution in [0.1, 0.15) is 63.3 Å². The van der Waals surface area contributed by atoms with Gasteiger partial charge in [-0.15, -0.1) is 0 Å². The molecule has 2 nitrogen and oxygen atoms in total. The van der Waals surface area contributed by atoms with Gasteiger partial charge in [-0.25, -0.2) is 0 Å². The zero-order valence-electron chi connectivity index (χ0n) is 11.7. The summed E-state index contributed by atoms with van der Waals surface area (Å²) in [5.41, 5.74) is 3.24. The van der Waals surface area contributed by atoms with E-state index in [-0.39, 0.29) is 6.10 Å². The number of hydrogen-bond acceptors (Lipinski definition) is 2. The number of aryl methyl sites for hydroxylation is 1. The molecule has 1 rings (SSSR count). The molecule has 0 fully saturated rings. The summed E-state index contributed by atoms with van der Waals surface area (Å²) in [6, 6.07) is 4.11. The monoisotopic (exact) mass is 236 g/mol. The molecule has 0 aliphatic rings. The third-order valence-electron chi connectivity index (χ3n) is 2.83. The van der Waals surface area contributed by atoms with Crippen molar-refractivity contribution in [3.8, 4) is 5.75 Å². The van der Waals surface area contributed by atoms with Gasteiger partial charge in [-0.2, -0.15) is 0 Å². The van der Waals surface area contributed by atoms with Crippen molar-refractivity contribution in [2.45, 2.75) is 59.7 Å². The van der Waals surface area contributed by atoms with Crippen LogP contribution in [0.4, 0.5) is 0 Å². The van der Waals surface area contributed by atoms with E-state index < -0.39 is 6.10 Å². The van der Waals surface area contributed by atoms with Gasteiger partial charge in [0, 0.05) is 0 Å². The van der Waals surface area contributed by atoms with Crippen molar-refractivity contribution in [1.82, 2.24) is 0 Å². The van der Waals surface area contributed by atoms with Crippen molar-refractivity contribution >= 4 is 0 Å². The molecule has 0 amide bonds. The van der Waals surface area contributed by atoms with Crippen LogP contribution in [-0.4, -0.2) is 11.2 Å². The smallest absolute Gasteiger partial charge is 0.123 e. The van der Waals surface area contributed by atoms with Crippen molar-refractivity contribution in [3.05, 3.63) is 28.8 Å². The third kappa shape index (κ3) is 3.47. The summed E-state index contributed by atoms with van der Waals surface area (Å²) in [7, 11) is 0. The van der Waals surface area contributed by atoms with Crippen LogP contribution in [0.3, 0.4) is 0 Å². The van der Waals surface area contributed by atoms with Gasteiger partial charge in [0.25, 0.3) is 0 Å². The zero-order valence-corrected chi connectivity index (χ0v) is 11.7. The van der Waals surface area contributed by atoms with Crippen LogP contribution in [-0.2, 0) is 0 Å². The molecule has 17 heavy (non-hydrogen) atoms. The van der Waals surface area contributed by atoms with Crippen LogP contribution in [0.25, 0.3) is 0 Å². The highest BCUT2D eigenvalue weighted by Crippen LogP contribution is 2.32. The van der Waals surface area contributed by atoms with E-state index in [1.807, 2.05) is 26.8 Å². The first kappa shape index (κ1) is 14.0. The molecule has 0 saturated heterocycles. The average Bonchev–Trinajstić information content (AvgIpc) is 2.15. The minimum absolute atomic E-state index is 0.171. The van der Waals surface area contributed by atoms with Crippen LogP contribution in [0.15, 0.2) is 12.1 Å². The lowest BCUT2D eigenvalue weighted by molar-refractivity contribution is 0.197. The van der Waals surface area contributed by atoms with E-state index in [1.54, 1.807) is 6.92 Å². The number of benzene rings is 1. The highest BCUT2D eigenvalue weighted by molar-refractivity contribution is 5.44. The second-order valence-electron chi connectivity index (χ2n) is 5.24. The highest BCUT2D eigenvalue weighted by Gasteiger charge is 2.14. The summed E-state index contributed by atoms with van der Waals surface area (Å²) in [6.45, 7) is 12.2. The quantitative estimate of drug-likeness (QED) is 0.857. The second-order valence-corrected chi connectivity index (χ2v) is 5.24. The van der Waals surface area contributed by atoms with Crippen molar-refractivity contribution < 1.29 is 9.84 Å². The van der Waals surface area contributed by atoms with Crippen molar-refractivity contribution in [2.75, 3.05) is 0 Å². The molecule has 0 aliphatic carbocycles. The molecule has 0 radical (unpaired) electrons. The van der Waals surface area contributed by atoms with Crippen LogP contribution in [0.5, 0.6) is 5.75 Å². The zero-order chi connectivity index (χ0) is 13.2. The molecule has 96 valence electrons. The molecule has 1 N–H and O–H groups in total. The third-order valence-corrected chi connectivity index (χ3v) is 2.83. The Labute approximate surface area is 105 Å². The first-order chi connectivity index (χ1) is 7.82. The molecule has 0 aromatic heterocycles. The second kappa shape index (κ2) is 5.54. The molecule has 1 aromatic carbocycles. The van der Waals surface area contributed by atoms with Gasteiger partial charge in [-0.3, -0.25) is 0 Å². The lowest BCUT2D eigenvalue weighted by Crippen LogP contribution is -2.09. The Kier molecular flexibility index (Phi) is 4.58. The molecular formula is C15H24O2. The summed E-state index contributed by atoms with van der Waals surface area (Å²) < 4.78 is 5.84. The minimum atomic E-state index is -0.430. The largest absolute Gasteiger partial charge is 0.491 e. The number of hydrogen-bond donors (Lipinski definition) is 1. The molecular weight excluding hydrogens is 212 g/mol. The van der Waals surface area contributed by atoms with E-state index in [0.717, 1.165) is 16.9 Å². The van der Waals surface area contributed by atoms with Crippen molar-refractivity contribution in [3.63, 3.8) is 0 Å². The summed E-state index contributed by atoms with van der Waals surface area (Å²) in [5, 5.41) is 9.74. The number of aliphatic hydroxyl groups excluding tert-OH is 1. The minimum Gasteiger partial charge on any atom is -0.491 e. The molecule has 0 aliphatic heterocycles. The van der Waals surface area contributed by atoms with Crippen molar-refractivity contribution in [2.24, 2.45) is 0 Å². The normalized spacial score (nSPS) is 13.2. The lowest BCUT2D eigenvalue weighted by Gasteiger charge is -2.20. The molecule has 2 heteroatoms. The van der Waals surface area contributed by atoms with E-state index in [2.05, 4.69) is 19.9 Å². The molecule has 0 heterocycles. The fourth-order valence-electron chi connectivity index (χ4n) is 1.97. The highest BCUT2D eigenvalue weighted by atomic mass is 16.5. The Balaban J connectivity index is 3.25. The van der Waals surface area contributed by atoms with E-state index in [0.29, 0.717) is 5.92 Å². The molecule has 1 unspecified atom stereocenters. The molecule has 1 atom stereocenters. The Morgan fingerprint density at radius 3 is 2.00 bits per heavy atom. The van der Waals surface area contributed by atoms with Gasteiger partial charge < -0.3 is 9.84 Å². The van der Waals surface area contributed by atoms with E-state index in [9.17, 15) is 5.11 Å². The summed E-state index contributed by atoms with van der Waals surface area (Å²) in [5.74, 6) is 1.33. The average molecular weight is 236 g/mol. The number of rotatable bonds is 4. The van der Waals surface area contributed by atoms with Gasteiger partial charge in [0.05, 0.1) is 12.2 Å². The van der Waals surface area contributed by atoms with E-state index in [1.165, 1.54) is 5.56 Å². The molecule has 0 saturated carbocycles. The fourth-order valence-corrected chi connectivity index (χ4v) is 1.97. The van der Waals surface area contributed by atoms with E-state index >= 15 is 0 Å². The van der Waals surface area contributed by atoms with Gasteiger partial charge in [0.15, 0.2) is 0 Å². The Bertz CT molecular complexity index is 379. The van der Waals surface area contributed by atoms with Crippen molar-refractivity contribution in [1.29, 1.82) is 0 Å². The van der Waals surface area contributed by atoms with Crippen LogP contribution in [0, 0.1) is 6.92 Å².